The summed E-state index contributed by atoms with van der Waals surface area (Å²) in [5.41, 5.74) is 0. The van der Waals surface area contributed by atoms with E-state index in [2.05, 4.69) is 30.9 Å². The maximum Gasteiger partial charge on any atom is 0.320 e. The highest BCUT2D eigenvalue weighted by Crippen LogP contribution is 2.34. The summed E-state index contributed by atoms with van der Waals surface area (Å²) in [6, 6.07) is 4.34. The van der Waals surface area contributed by atoms with E-state index in [0.717, 1.165) is 38.6 Å². The van der Waals surface area contributed by atoms with Crippen molar-refractivity contribution in [2.45, 2.75) is 58.0 Å². The maximum absolute atomic E-state index is 11.4. The zero-order chi connectivity index (χ0) is 13.8. The second-order valence-electron chi connectivity index (χ2n) is 5.17. The average Bonchev–Trinajstić information content (AvgIpc) is 2.89. The maximum atomic E-state index is 11.4. The second-order valence-corrected chi connectivity index (χ2v) is 6.37. The Morgan fingerprint density at radius 2 is 2.26 bits per heavy atom. The molecule has 0 saturated carbocycles. The quantitative estimate of drug-likeness (QED) is 0.894. The third kappa shape index (κ3) is 3.18. The van der Waals surface area contributed by atoms with Crippen LogP contribution in [0.4, 0.5) is 0 Å². The molecule has 0 aliphatic carbocycles. The molecule has 0 amide bonds. The Bertz CT molecular complexity index is 430. The van der Waals surface area contributed by atoms with Gasteiger partial charge in [0, 0.05) is 15.8 Å². The van der Waals surface area contributed by atoms with Gasteiger partial charge < -0.3 is 5.11 Å². The van der Waals surface area contributed by atoms with E-state index in [0.29, 0.717) is 0 Å². The van der Waals surface area contributed by atoms with E-state index in [-0.39, 0.29) is 12.1 Å². The summed E-state index contributed by atoms with van der Waals surface area (Å²) in [4.78, 5) is 16.4. The van der Waals surface area contributed by atoms with Gasteiger partial charge in [-0.15, -0.1) is 11.3 Å². The lowest BCUT2D eigenvalue weighted by molar-refractivity contribution is -0.146. The van der Waals surface area contributed by atoms with Gasteiger partial charge in [-0.05, 0) is 44.4 Å². The molecule has 1 N–H and O–H groups in total. The molecule has 1 aliphatic heterocycles. The molecule has 4 heteroatoms. The molecule has 3 nitrogen and oxygen atoms in total. The minimum atomic E-state index is -0.662. The molecule has 1 saturated heterocycles. The first-order valence-corrected chi connectivity index (χ1v) is 8.06. The number of likely N-dealkylation sites (tertiary alicyclic amines) is 1. The minimum absolute atomic E-state index is 0.270. The highest BCUT2D eigenvalue weighted by molar-refractivity contribution is 7.12. The van der Waals surface area contributed by atoms with Crippen LogP contribution >= 0.6 is 11.3 Å². The number of rotatable bonds is 5. The fourth-order valence-corrected chi connectivity index (χ4v) is 4.11. The van der Waals surface area contributed by atoms with E-state index in [4.69, 9.17) is 0 Å². The van der Waals surface area contributed by atoms with Crippen LogP contribution in [0.15, 0.2) is 12.1 Å². The van der Waals surface area contributed by atoms with Gasteiger partial charge >= 0.3 is 5.97 Å². The number of hydrogen-bond acceptors (Lipinski definition) is 3. The van der Waals surface area contributed by atoms with Crippen molar-refractivity contribution in [2.24, 2.45) is 0 Å². The Hall–Kier alpha value is -0.870. The molecule has 0 radical (unpaired) electrons. The molecule has 1 aromatic heterocycles. The SMILES string of the molecule is CCc1ccc(C(CC)N2CCCCC2C(=O)O)s1. The van der Waals surface area contributed by atoms with E-state index in [9.17, 15) is 9.90 Å². The molecule has 1 aliphatic rings. The Morgan fingerprint density at radius 3 is 2.84 bits per heavy atom. The van der Waals surface area contributed by atoms with Crippen LogP contribution < -0.4 is 0 Å². The molecule has 106 valence electrons. The summed E-state index contributed by atoms with van der Waals surface area (Å²) < 4.78 is 0. The molecule has 1 aromatic rings. The smallest absolute Gasteiger partial charge is 0.320 e. The first kappa shape index (κ1) is 14.5. The molecule has 0 aromatic carbocycles. The van der Waals surface area contributed by atoms with Crippen LogP contribution in [0.1, 0.15) is 55.3 Å². The van der Waals surface area contributed by atoms with Crippen LogP contribution in [0.2, 0.25) is 0 Å². The number of hydrogen-bond donors (Lipinski definition) is 1. The normalized spacial score (nSPS) is 22.3. The number of aryl methyl sites for hydroxylation is 1. The lowest BCUT2D eigenvalue weighted by Gasteiger charge is -2.38. The monoisotopic (exact) mass is 281 g/mol. The number of aliphatic carboxylic acids is 1. The highest BCUT2D eigenvalue weighted by Gasteiger charge is 2.33. The summed E-state index contributed by atoms with van der Waals surface area (Å²) in [6.07, 6.45) is 4.98. The van der Waals surface area contributed by atoms with Gasteiger partial charge in [-0.2, -0.15) is 0 Å². The van der Waals surface area contributed by atoms with E-state index in [1.54, 1.807) is 0 Å². The van der Waals surface area contributed by atoms with E-state index in [1.807, 2.05) is 11.3 Å². The van der Waals surface area contributed by atoms with Gasteiger partial charge in [0.1, 0.15) is 6.04 Å². The second kappa shape index (κ2) is 6.53. The van der Waals surface area contributed by atoms with E-state index < -0.39 is 5.97 Å². The molecule has 1 fully saturated rings. The first-order chi connectivity index (χ1) is 9.17. The number of carboxylic acids is 1. The van der Waals surface area contributed by atoms with Gasteiger partial charge in [0.25, 0.3) is 0 Å². The predicted octanol–water partition coefficient (Wildman–Crippen LogP) is 3.70. The van der Waals surface area contributed by atoms with Gasteiger partial charge in [0.05, 0.1) is 0 Å². The van der Waals surface area contributed by atoms with Crippen molar-refractivity contribution in [3.05, 3.63) is 21.9 Å². The third-order valence-electron chi connectivity index (χ3n) is 3.98. The van der Waals surface area contributed by atoms with Gasteiger partial charge in [-0.25, -0.2) is 0 Å². The van der Waals surface area contributed by atoms with Crippen LogP contribution in [0.25, 0.3) is 0 Å². The molecule has 2 heterocycles. The zero-order valence-corrected chi connectivity index (χ0v) is 12.6. The van der Waals surface area contributed by atoms with Crippen LogP contribution in [-0.4, -0.2) is 28.6 Å². The molecule has 0 bridgehead atoms. The lowest BCUT2D eigenvalue weighted by Crippen LogP contribution is -2.46. The average molecular weight is 281 g/mol. The van der Waals surface area contributed by atoms with Crippen molar-refractivity contribution in [2.75, 3.05) is 6.54 Å². The molecule has 2 atom stereocenters. The molecule has 19 heavy (non-hydrogen) atoms. The van der Waals surface area contributed by atoms with Gasteiger partial charge in [0.15, 0.2) is 0 Å². The van der Waals surface area contributed by atoms with Crippen molar-refractivity contribution < 1.29 is 9.90 Å². The van der Waals surface area contributed by atoms with Gasteiger partial charge in [-0.3, -0.25) is 9.69 Å². The topological polar surface area (TPSA) is 40.5 Å². The molecule has 2 unspecified atom stereocenters. The van der Waals surface area contributed by atoms with E-state index in [1.165, 1.54) is 9.75 Å². The van der Waals surface area contributed by atoms with Crippen molar-refractivity contribution >= 4 is 17.3 Å². The zero-order valence-electron chi connectivity index (χ0n) is 11.8. The Labute approximate surface area is 119 Å². The van der Waals surface area contributed by atoms with Crippen molar-refractivity contribution in [3.63, 3.8) is 0 Å². The van der Waals surface area contributed by atoms with Crippen LogP contribution in [0.5, 0.6) is 0 Å². The van der Waals surface area contributed by atoms with Gasteiger partial charge in [-0.1, -0.05) is 20.3 Å². The molecule has 2 rings (SSSR count). The fourth-order valence-electron chi connectivity index (χ4n) is 2.95. The van der Waals surface area contributed by atoms with Crippen LogP contribution in [0, 0.1) is 0 Å². The Morgan fingerprint density at radius 1 is 1.47 bits per heavy atom. The Balaban J connectivity index is 2.21. The number of carboxylic acid groups (broad SMARTS) is 1. The van der Waals surface area contributed by atoms with Crippen LogP contribution in [0.3, 0.4) is 0 Å². The highest BCUT2D eigenvalue weighted by atomic mass is 32.1. The summed E-state index contributed by atoms with van der Waals surface area (Å²) in [5.74, 6) is -0.662. The number of piperidine rings is 1. The summed E-state index contributed by atoms with van der Waals surface area (Å²) in [7, 11) is 0. The number of carbonyl (C=O) groups is 1. The molecule has 0 spiro atoms. The van der Waals surface area contributed by atoms with Crippen LogP contribution in [-0.2, 0) is 11.2 Å². The fraction of sp³-hybridized carbons (Fsp3) is 0.667. The Kier molecular flexibility index (Phi) is 4.99. The van der Waals surface area contributed by atoms with Crippen molar-refractivity contribution in [3.8, 4) is 0 Å². The molecular weight excluding hydrogens is 258 g/mol. The minimum Gasteiger partial charge on any atom is -0.480 e. The lowest BCUT2D eigenvalue weighted by atomic mass is 9.98. The summed E-state index contributed by atoms with van der Waals surface area (Å²) in [5, 5.41) is 9.41. The molecular formula is C15H23NO2S. The number of nitrogens with zero attached hydrogens (tertiary/aromatic N) is 1. The van der Waals surface area contributed by atoms with Crippen molar-refractivity contribution in [1.82, 2.24) is 4.90 Å². The van der Waals surface area contributed by atoms with Gasteiger partial charge in [0.2, 0.25) is 0 Å². The van der Waals surface area contributed by atoms with E-state index >= 15 is 0 Å². The number of thiophene rings is 1. The largest absolute Gasteiger partial charge is 0.480 e. The standard InChI is InChI=1S/C15H23NO2S/c1-3-11-8-9-14(19-11)12(4-2)16-10-6-5-7-13(16)15(17)18/h8-9,12-13H,3-7,10H2,1-2H3,(H,17,18). The van der Waals surface area contributed by atoms with Crippen molar-refractivity contribution in [1.29, 1.82) is 0 Å². The summed E-state index contributed by atoms with van der Waals surface area (Å²) in [6.45, 7) is 5.23. The third-order valence-corrected chi connectivity index (χ3v) is 5.31. The first-order valence-electron chi connectivity index (χ1n) is 7.24. The predicted molar refractivity (Wildman–Crippen MR) is 78.7 cm³/mol. The summed E-state index contributed by atoms with van der Waals surface area (Å²) >= 11 is 1.84.